The molecule has 0 spiro atoms. The largest absolute Gasteiger partial charge is 0.453 e. The monoisotopic (exact) mass is 675 g/mol. The van der Waals surface area contributed by atoms with E-state index in [0.717, 1.165) is 44.4 Å². The Bertz CT molecular complexity index is 2970. The average Bonchev–Trinajstić information content (AvgIpc) is 3.77. The first-order valence-corrected chi connectivity index (χ1v) is 18.3. The first-order chi connectivity index (χ1) is 26.3. The van der Waals surface area contributed by atoms with Crippen LogP contribution in [0, 0.1) is 0 Å². The summed E-state index contributed by atoms with van der Waals surface area (Å²) in [6, 6.07) is 72.6. The number of furan rings is 1. The van der Waals surface area contributed by atoms with Crippen LogP contribution in [-0.4, -0.2) is 0 Å². The third-order valence-electron chi connectivity index (χ3n) is 11.3. The van der Waals surface area contributed by atoms with Crippen molar-refractivity contribution in [1.82, 2.24) is 0 Å². The van der Waals surface area contributed by atoms with Crippen molar-refractivity contribution in [2.24, 2.45) is 0 Å². The highest BCUT2D eigenvalue weighted by Crippen LogP contribution is 2.56. The maximum absolute atomic E-state index is 7.10. The maximum Gasteiger partial charge on any atom is 0.159 e. The van der Waals surface area contributed by atoms with Gasteiger partial charge in [0.15, 0.2) is 5.58 Å². The highest BCUT2D eigenvalue weighted by atomic mass is 16.3. The fraction of sp³-hybridized carbons (Fsp3) is 0.0196. The molecule has 1 aromatic heterocycles. The first kappa shape index (κ1) is 29.8. The quantitative estimate of drug-likeness (QED) is 0.169. The van der Waals surface area contributed by atoms with E-state index >= 15 is 0 Å². The van der Waals surface area contributed by atoms with Crippen molar-refractivity contribution < 1.29 is 4.42 Å². The van der Waals surface area contributed by atoms with Gasteiger partial charge in [0.2, 0.25) is 0 Å². The lowest BCUT2D eigenvalue weighted by Gasteiger charge is -2.35. The molecule has 10 aromatic rings. The second-order valence-corrected chi connectivity index (χ2v) is 14.0. The summed E-state index contributed by atoms with van der Waals surface area (Å²) in [5, 5.41) is 6.95. The molecule has 0 amide bonds. The van der Waals surface area contributed by atoms with Gasteiger partial charge in [0, 0.05) is 27.5 Å². The Balaban J connectivity index is 1.19. The molecule has 0 radical (unpaired) electrons. The standard InChI is InChI=1S/C51H33NO/c1-3-16-36(17-4-1)51(45-26-11-9-23-41(45)42-24-10-12-27-46(42)51)37-18-13-21-39(33-37)52(38-19-5-2-6-20-38)47-28-14-25-43-44-32-31-35-30-29-34-15-7-8-22-40(34)48(35)50(44)53-49(43)47/h1-33H. The fourth-order valence-corrected chi connectivity index (χ4v) is 9.10. The molecule has 2 nitrogen and oxygen atoms in total. The molecule has 0 unspecified atom stereocenters. The van der Waals surface area contributed by atoms with Crippen LogP contribution in [0.3, 0.4) is 0 Å². The number of para-hydroxylation sites is 2. The van der Waals surface area contributed by atoms with Gasteiger partial charge in [-0.1, -0.05) is 164 Å². The van der Waals surface area contributed by atoms with Crippen molar-refractivity contribution in [3.05, 3.63) is 222 Å². The minimum absolute atomic E-state index is 0.502. The Kier molecular flexibility index (Phi) is 6.50. The molecule has 0 saturated carbocycles. The second kappa shape index (κ2) is 11.6. The van der Waals surface area contributed by atoms with E-state index < -0.39 is 5.41 Å². The van der Waals surface area contributed by atoms with E-state index in [-0.39, 0.29) is 0 Å². The Morgan fingerprint density at radius 2 is 0.943 bits per heavy atom. The number of fused-ring (bicyclic) bond motifs is 10. The number of benzene rings is 9. The zero-order valence-corrected chi connectivity index (χ0v) is 28.9. The summed E-state index contributed by atoms with van der Waals surface area (Å²) in [6.45, 7) is 0. The third kappa shape index (κ3) is 4.27. The van der Waals surface area contributed by atoms with Gasteiger partial charge in [-0.3, -0.25) is 0 Å². The lowest BCUT2D eigenvalue weighted by molar-refractivity contribution is 0.673. The van der Waals surface area contributed by atoms with Crippen molar-refractivity contribution >= 4 is 60.5 Å². The Morgan fingerprint density at radius 3 is 1.74 bits per heavy atom. The number of hydrogen-bond donors (Lipinski definition) is 0. The van der Waals surface area contributed by atoms with Crippen molar-refractivity contribution in [2.45, 2.75) is 5.41 Å². The van der Waals surface area contributed by atoms with E-state index in [1.54, 1.807) is 0 Å². The molecule has 248 valence electrons. The van der Waals surface area contributed by atoms with E-state index in [1.807, 2.05) is 0 Å². The summed E-state index contributed by atoms with van der Waals surface area (Å²) in [5.41, 5.74) is 12.0. The Morgan fingerprint density at radius 1 is 0.377 bits per heavy atom. The molecule has 0 saturated heterocycles. The Labute approximate surface area is 307 Å². The maximum atomic E-state index is 7.10. The molecule has 0 bridgehead atoms. The number of nitrogens with zero attached hydrogens (tertiary/aromatic N) is 1. The van der Waals surface area contributed by atoms with E-state index in [9.17, 15) is 0 Å². The lowest BCUT2D eigenvalue weighted by atomic mass is 9.67. The van der Waals surface area contributed by atoms with Gasteiger partial charge in [0.1, 0.15) is 5.58 Å². The van der Waals surface area contributed by atoms with E-state index in [4.69, 9.17) is 4.42 Å². The van der Waals surface area contributed by atoms with Crippen LogP contribution in [0.4, 0.5) is 17.1 Å². The van der Waals surface area contributed by atoms with Crippen LogP contribution in [0.5, 0.6) is 0 Å². The lowest BCUT2D eigenvalue weighted by Crippen LogP contribution is -2.28. The molecule has 0 aliphatic heterocycles. The predicted octanol–water partition coefficient (Wildman–Crippen LogP) is 13.7. The van der Waals surface area contributed by atoms with Crippen molar-refractivity contribution in [1.29, 1.82) is 0 Å². The normalized spacial score (nSPS) is 13.1. The summed E-state index contributed by atoms with van der Waals surface area (Å²) in [6.07, 6.45) is 0. The molecular formula is C51H33NO. The Hall–Kier alpha value is -6.90. The molecule has 0 N–H and O–H groups in total. The minimum atomic E-state index is -0.502. The predicted molar refractivity (Wildman–Crippen MR) is 221 cm³/mol. The molecule has 11 rings (SSSR count). The van der Waals surface area contributed by atoms with Gasteiger partial charge >= 0.3 is 0 Å². The molecule has 0 atom stereocenters. The smallest absolute Gasteiger partial charge is 0.159 e. The van der Waals surface area contributed by atoms with Gasteiger partial charge in [0.05, 0.1) is 11.1 Å². The van der Waals surface area contributed by atoms with Crippen LogP contribution in [0.2, 0.25) is 0 Å². The summed E-state index contributed by atoms with van der Waals surface area (Å²) in [4.78, 5) is 2.36. The number of anilines is 3. The zero-order chi connectivity index (χ0) is 34.9. The van der Waals surface area contributed by atoms with Gasteiger partial charge in [-0.05, 0) is 85.9 Å². The SMILES string of the molecule is c1ccc(N(c2cccc(C3(c4ccccc4)c4ccccc4-c4ccccc43)c2)c2cccc3c2oc2c3ccc3ccc4ccccc4c32)cc1. The highest BCUT2D eigenvalue weighted by molar-refractivity contribution is 6.24. The van der Waals surface area contributed by atoms with Crippen LogP contribution in [0.15, 0.2) is 205 Å². The van der Waals surface area contributed by atoms with Gasteiger partial charge in [0.25, 0.3) is 0 Å². The molecular weight excluding hydrogens is 643 g/mol. The average molecular weight is 676 g/mol. The summed E-state index contributed by atoms with van der Waals surface area (Å²) in [5.74, 6) is 0. The van der Waals surface area contributed by atoms with Crippen LogP contribution >= 0.6 is 0 Å². The van der Waals surface area contributed by atoms with Crippen LogP contribution in [0.25, 0.3) is 54.6 Å². The molecule has 1 heterocycles. The summed E-state index contributed by atoms with van der Waals surface area (Å²) < 4.78 is 7.10. The molecule has 2 heteroatoms. The van der Waals surface area contributed by atoms with E-state index in [0.29, 0.717) is 0 Å². The van der Waals surface area contributed by atoms with Crippen molar-refractivity contribution in [2.75, 3.05) is 4.90 Å². The van der Waals surface area contributed by atoms with Gasteiger partial charge in [-0.15, -0.1) is 0 Å². The molecule has 53 heavy (non-hydrogen) atoms. The summed E-state index contributed by atoms with van der Waals surface area (Å²) in [7, 11) is 0. The van der Waals surface area contributed by atoms with Crippen LogP contribution < -0.4 is 4.90 Å². The molecule has 1 aliphatic rings. The van der Waals surface area contributed by atoms with Gasteiger partial charge in [-0.25, -0.2) is 0 Å². The number of rotatable bonds is 5. The van der Waals surface area contributed by atoms with Crippen LogP contribution in [-0.2, 0) is 5.41 Å². The van der Waals surface area contributed by atoms with E-state index in [1.165, 1.54) is 49.5 Å². The minimum Gasteiger partial charge on any atom is -0.453 e. The molecule has 0 fully saturated rings. The van der Waals surface area contributed by atoms with E-state index in [2.05, 4.69) is 205 Å². The molecule has 1 aliphatic carbocycles. The second-order valence-electron chi connectivity index (χ2n) is 14.0. The van der Waals surface area contributed by atoms with Crippen LogP contribution in [0.1, 0.15) is 22.3 Å². The first-order valence-electron chi connectivity index (χ1n) is 18.3. The number of hydrogen-bond acceptors (Lipinski definition) is 2. The van der Waals surface area contributed by atoms with Crippen molar-refractivity contribution in [3.63, 3.8) is 0 Å². The third-order valence-corrected chi connectivity index (χ3v) is 11.3. The van der Waals surface area contributed by atoms with Crippen molar-refractivity contribution in [3.8, 4) is 11.1 Å². The topological polar surface area (TPSA) is 16.4 Å². The summed E-state index contributed by atoms with van der Waals surface area (Å²) >= 11 is 0. The fourth-order valence-electron chi connectivity index (χ4n) is 9.10. The van der Waals surface area contributed by atoms with Gasteiger partial charge < -0.3 is 9.32 Å². The van der Waals surface area contributed by atoms with Gasteiger partial charge in [-0.2, -0.15) is 0 Å². The highest BCUT2D eigenvalue weighted by Gasteiger charge is 2.46. The molecule has 9 aromatic carbocycles. The zero-order valence-electron chi connectivity index (χ0n) is 28.9.